The predicted octanol–water partition coefficient (Wildman–Crippen LogP) is -3.81. The van der Waals surface area contributed by atoms with Crippen molar-refractivity contribution in [3.8, 4) is 0 Å². The van der Waals surface area contributed by atoms with E-state index >= 15 is 0 Å². The molecule has 0 aliphatic rings. The maximum atomic E-state index is 8.88. The van der Waals surface area contributed by atoms with Crippen LogP contribution in [0.1, 0.15) is 1.43 Å². The summed E-state index contributed by atoms with van der Waals surface area (Å²) < 4.78 is 8.88. The van der Waals surface area contributed by atoms with E-state index in [1.54, 1.807) is 0 Å². The van der Waals surface area contributed by atoms with Crippen LogP contribution >= 0.6 is 7.82 Å². The molecule has 7 heavy (non-hydrogen) atoms. The molecule has 0 aromatic carbocycles. The van der Waals surface area contributed by atoms with E-state index in [1.807, 2.05) is 0 Å². The smallest absolute Gasteiger partial charge is 1.00 e. The summed E-state index contributed by atoms with van der Waals surface area (Å²) in [5.41, 5.74) is 0. The van der Waals surface area contributed by atoms with Crippen LogP contribution in [0.25, 0.3) is 0 Å². The zero-order valence-electron chi connectivity index (χ0n) is 4.61. The van der Waals surface area contributed by atoms with Crippen molar-refractivity contribution >= 4 is 7.82 Å². The average Bonchev–Trinajstić information content (AvgIpc) is 0.722. The fourth-order valence-corrected chi connectivity index (χ4v) is 0. The molecule has 0 saturated heterocycles. The van der Waals surface area contributed by atoms with Gasteiger partial charge in [-0.2, -0.15) is 0 Å². The molecule has 0 unspecified atom stereocenters. The number of phosphoric acid groups is 1. The molecule has 0 aliphatic carbocycles. The molecule has 0 radical (unpaired) electrons. The minimum absolute atomic E-state index is 0. The largest absolute Gasteiger partial charge is 1.00 e. The van der Waals surface area contributed by atoms with Crippen molar-refractivity contribution in [1.82, 2.24) is 0 Å². The van der Waals surface area contributed by atoms with Gasteiger partial charge in [0.1, 0.15) is 0 Å². The first-order valence-electron chi connectivity index (χ1n) is 0.783. The Kier molecular flexibility index (Phi) is 15.2. The van der Waals surface area contributed by atoms with Gasteiger partial charge in [0.15, 0.2) is 0 Å². The van der Waals surface area contributed by atoms with Crippen molar-refractivity contribution in [2.75, 3.05) is 0 Å². The summed E-state index contributed by atoms with van der Waals surface area (Å²) in [5, 5.41) is 0. The van der Waals surface area contributed by atoms with Gasteiger partial charge in [-0.05, 0) is 0 Å². The second-order valence-corrected chi connectivity index (χ2v) is 1.54. The molecule has 0 atom stereocenters. The van der Waals surface area contributed by atoms with Crippen molar-refractivity contribution in [2.45, 2.75) is 0 Å². The van der Waals surface area contributed by atoms with E-state index in [1.165, 1.54) is 0 Å². The van der Waals surface area contributed by atoms with Crippen molar-refractivity contribution in [2.24, 2.45) is 0 Å². The van der Waals surface area contributed by atoms with Crippen LogP contribution in [0, 0.1) is 0 Å². The molecule has 0 aliphatic heterocycles. The van der Waals surface area contributed by atoms with Gasteiger partial charge >= 0.3 is 59.2 Å². The molecule has 0 heterocycles. The maximum absolute atomic E-state index is 8.88. The van der Waals surface area contributed by atoms with Crippen molar-refractivity contribution in [1.29, 1.82) is 0 Å². The summed E-state index contributed by atoms with van der Waals surface area (Å²) in [6.45, 7) is 0. The summed E-state index contributed by atoms with van der Waals surface area (Å²) in [6, 6.07) is 0. The molecule has 0 aromatic heterocycles. The molecule has 3 N–H and O–H groups in total. The molecule has 0 rings (SSSR count). The number of hydrogen-bond acceptors (Lipinski definition) is 1. The maximum Gasteiger partial charge on any atom is 1.00 e. The normalized spacial score (nSPS) is 8.43. The van der Waals surface area contributed by atoms with Gasteiger partial charge in [0.05, 0.1) is 0 Å². The molecular formula is H4KMoO4P. The van der Waals surface area contributed by atoms with Crippen molar-refractivity contribution in [3.05, 3.63) is 0 Å². The molecule has 4 nitrogen and oxygen atoms in total. The van der Waals surface area contributed by atoms with Gasteiger partial charge in [-0.1, -0.05) is 0 Å². The number of rotatable bonds is 0. The van der Waals surface area contributed by atoms with E-state index < -0.39 is 7.82 Å². The minimum atomic E-state index is -4.64. The first-order chi connectivity index (χ1) is 2.00. The quantitative estimate of drug-likeness (QED) is 0.296. The minimum Gasteiger partial charge on any atom is -1.00 e. The molecular weight excluding hydrogens is 230 g/mol. The van der Waals surface area contributed by atoms with Gasteiger partial charge in [0.2, 0.25) is 0 Å². The van der Waals surface area contributed by atoms with Crippen molar-refractivity contribution < 1.29 is 93.1 Å². The zero-order valence-corrected chi connectivity index (χ0v) is 9.63. The van der Waals surface area contributed by atoms with Gasteiger partial charge < -0.3 is 16.1 Å². The summed E-state index contributed by atoms with van der Waals surface area (Å²) in [5.74, 6) is 0. The van der Waals surface area contributed by atoms with Gasteiger partial charge in [0.25, 0.3) is 0 Å². The van der Waals surface area contributed by atoms with Crippen LogP contribution in [-0.2, 0) is 25.6 Å². The van der Waals surface area contributed by atoms with Gasteiger partial charge in [-0.3, -0.25) is 0 Å². The molecule has 0 spiro atoms. The summed E-state index contributed by atoms with van der Waals surface area (Å²) in [4.78, 5) is 21.6. The summed E-state index contributed by atoms with van der Waals surface area (Å²) >= 11 is 0. The first kappa shape index (κ1) is 16.2. The van der Waals surface area contributed by atoms with E-state index in [9.17, 15) is 0 Å². The standard InChI is InChI=1S/K.Mo.H3O4P.H/c;;1-5(2,3)4;/h;;(H3,1,2,3,4);/q+1;;;-1. The Morgan fingerprint density at radius 1 is 1.29 bits per heavy atom. The van der Waals surface area contributed by atoms with Crippen LogP contribution in [0.4, 0.5) is 0 Å². The third-order valence-electron chi connectivity index (χ3n) is 0. The Balaban J connectivity index is -0.0000000267. The van der Waals surface area contributed by atoms with Gasteiger partial charge in [0, 0.05) is 21.1 Å². The van der Waals surface area contributed by atoms with E-state index in [-0.39, 0.29) is 73.9 Å². The summed E-state index contributed by atoms with van der Waals surface area (Å²) in [6.07, 6.45) is 0. The molecule has 0 amide bonds. The van der Waals surface area contributed by atoms with E-state index in [0.717, 1.165) is 0 Å². The third-order valence-corrected chi connectivity index (χ3v) is 0. The second-order valence-electron chi connectivity index (χ2n) is 0.513. The second kappa shape index (κ2) is 6.55. The van der Waals surface area contributed by atoms with Crippen molar-refractivity contribution in [3.63, 3.8) is 0 Å². The monoisotopic (exact) mass is 236 g/mol. The Bertz CT molecular complexity index is 62.2. The van der Waals surface area contributed by atoms with E-state index in [4.69, 9.17) is 19.2 Å². The summed E-state index contributed by atoms with van der Waals surface area (Å²) in [7, 11) is -4.64. The number of hydrogen-bond donors (Lipinski definition) is 3. The average molecular weight is 234 g/mol. The Morgan fingerprint density at radius 3 is 1.29 bits per heavy atom. The van der Waals surface area contributed by atoms with Crippen LogP contribution in [0.2, 0.25) is 0 Å². The fourth-order valence-electron chi connectivity index (χ4n) is 0. The molecule has 0 aromatic rings. The zero-order chi connectivity index (χ0) is 4.50. The predicted molar refractivity (Wildman–Crippen MR) is 15.4 cm³/mol. The SMILES string of the molecule is O=P(O)(O)O.[H-].[K+].[Mo]. The van der Waals surface area contributed by atoms with Crippen LogP contribution in [-0.4, -0.2) is 14.7 Å². The topological polar surface area (TPSA) is 77.8 Å². The molecule has 0 bridgehead atoms. The van der Waals surface area contributed by atoms with E-state index in [0.29, 0.717) is 0 Å². The third kappa shape index (κ3) is 58.9. The first-order valence-corrected chi connectivity index (χ1v) is 2.35. The van der Waals surface area contributed by atoms with Crippen LogP contribution in [0.5, 0.6) is 0 Å². The molecule has 40 valence electrons. The Morgan fingerprint density at radius 2 is 1.29 bits per heavy atom. The van der Waals surface area contributed by atoms with E-state index in [2.05, 4.69) is 0 Å². The molecule has 0 saturated carbocycles. The molecule has 0 fully saturated rings. The van der Waals surface area contributed by atoms with Crippen LogP contribution in [0.3, 0.4) is 0 Å². The Hall–Kier alpha value is 2.43. The van der Waals surface area contributed by atoms with Gasteiger partial charge in [-0.15, -0.1) is 0 Å². The van der Waals surface area contributed by atoms with Gasteiger partial charge in [-0.25, -0.2) is 4.57 Å². The fraction of sp³-hybridized carbons (Fsp3) is 0. The van der Waals surface area contributed by atoms with Crippen LogP contribution in [0.15, 0.2) is 0 Å². The Labute approximate surface area is 99.1 Å². The molecule has 7 heteroatoms. The van der Waals surface area contributed by atoms with Crippen LogP contribution < -0.4 is 51.4 Å².